The van der Waals surface area contributed by atoms with Crippen molar-refractivity contribution in [2.45, 2.75) is 26.2 Å². The van der Waals surface area contributed by atoms with Gasteiger partial charge < -0.3 is 5.73 Å². The maximum absolute atomic E-state index is 5.79. The molecule has 0 amide bonds. The summed E-state index contributed by atoms with van der Waals surface area (Å²) in [5.74, 6) is 1.22. The van der Waals surface area contributed by atoms with Crippen molar-refractivity contribution in [2.24, 2.45) is 0 Å². The lowest BCUT2D eigenvalue weighted by Gasteiger charge is -2.00. The SMILES string of the molecule is CC(C)c1nnc2sc(Cc3cccc(N)c3)nn12. The molecule has 0 unspecified atom stereocenters. The third kappa shape index (κ3) is 2.31. The van der Waals surface area contributed by atoms with Gasteiger partial charge in [-0.05, 0) is 17.7 Å². The number of hydrogen-bond donors (Lipinski definition) is 1. The zero-order chi connectivity index (χ0) is 13.4. The van der Waals surface area contributed by atoms with Crippen molar-refractivity contribution in [1.29, 1.82) is 0 Å². The summed E-state index contributed by atoms with van der Waals surface area (Å²) < 4.78 is 1.84. The van der Waals surface area contributed by atoms with Crippen LogP contribution in [0.25, 0.3) is 4.96 Å². The number of aromatic nitrogens is 4. The van der Waals surface area contributed by atoms with Crippen LogP contribution < -0.4 is 5.73 Å². The molecule has 2 aromatic heterocycles. The van der Waals surface area contributed by atoms with Gasteiger partial charge in [0.05, 0.1) is 0 Å². The van der Waals surface area contributed by atoms with Gasteiger partial charge in [0.15, 0.2) is 5.82 Å². The fourth-order valence-electron chi connectivity index (χ4n) is 1.98. The van der Waals surface area contributed by atoms with Crippen molar-refractivity contribution < 1.29 is 0 Å². The lowest BCUT2D eigenvalue weighted by molar-refractivity contribution is 0.719. The van der Waals surface area contributed by atoms with Crippen LogP contribution in [0.15, 0.2) is 24.3 Å². The van der Waals surface area contributed by atoms with E-state index in [1.165, 1.54) is 0 Å². The Bertz CT molecular complexity index is 713. The molecule has 0 spiro atoms. The van der Waals surface area contributed by atoms with Gasteiger partial charge in [-0.15, -0.1) is 10.2 Å². The van der Waals surface area contributed by atoms with Gasteiger partial charge in [-0.3, -0.25) is 0 Å². The van der Waals surface area contributed by atoms with Crippen LogP contribution in [0.4, 0.5) is 5.69 Å². The molecule has 98 valence electrons. The van der Waals surface area contributed by atoms with E-state index in [4.69, 9.17) is 5.73 Å². The van der Waals surface area contributed by atoms with E-state index in [-0.39, 0.29) is 0 Å². The molecule has 6 heteroatoms. The molecule has 0 atom stereocenters. The number of hydrogen-bond acceptors (Lipinski definition) is 5. The fraction of sp³-hybridized carbons (Fsp3) is 0.308. The van der Waals surface area contributed by atoms with Crippen molar-refractivity contribution in [3.63, 3.8) is 0 Å². The standard InChI is InChI=1S/C13H15N5S/c1-8(2)12-15-16-13-18(12)17-11(19-13)7-9-4-3-5-10(14)6-9/h3-6,8H,7,14H2,1-2H3. The highest BCUT2D eigenvalue weighted by Crippen LogP contribution is 2.21. The molecule has 3 aromatic rings. The number of fused-ring (bicyclic) bond motifs is 1. The predicted molar refractivity (Wildman–Crippen MR) is 76.4 cm³/mol. The highest BCUT2D eigenvalue weighted by atomic mass is 32.1. The van der Waals surface area contributed by atoms with Crippen LogP contribution in [0.2, 0.25) is 0 Å². The van der Waals surface area contributed by atoms with Gasteiger partial charge in [-0.2, -0.15) is 9.61 Å². The average molecular weight is 273 g/mol. The van der Waals surface area contributed by atoms with E-state index in [1.54, 1.807) is 11.3 Å². The zero-order valence-electron chi connectivity index (χ0n) is 10.9. The van der Waals surface area contributed by atoms with Gasteiger partial charge in [-0.1, -0.05) is 37.3 Å². The Morgan fingerprint density at radius 3 is 2.89 bits per heavy atom. The Labute approximate surface area is 115 Å². The summed E-state index contributed by atoms with van der Waals surface area (Å²) in [5.41, 5.74) is 7.73. The molecular formula is C13H15N5S. The summed E-state index contributed by atoms with van der Waals surface area (Å²) in [6.45, 7) is 4.18. The monoisotopic (exact) mass is 273 g/mol. The first-order chi connectivity index (χ1) is 9.13. The molecule has 19 heavy (non-hydrogen) atoms. The molecule has 0 fully saturated rings. The lowest BCUT2D eigenvalue weighted by atomic mass is 10.1. The van der Waals surface area contributed by atoms with Crippen LogP contribution in [0.3, 0.4) is 0 Å². The first-order valence-corrected chi connectivity index (χ1v) is 7.00. The quantitative estimate of drug-likeness (QED) is 0.744. The number of benzene rings is 1. The smallest absolute Gasteiger partial charge is 0.234 e. The summed E-state index contributed by atoms with van der Waals surface area (Å²) in [6, 6.07) is 7.89. The second kappa shape index (κ2) is 4.62. The van der Waals surface area contributed by atoms with Gasteiger partial charge >= 0.3 is 0 Å². The Morgan fingerprint density at radius 2 is 2.16 bits per heavy atom. The molecule has 2 N–H and O–H groups in total. The summed E-state index contributed by atoms with van der Waals surface area (Å²) in [7, 11) is 0. The minimum Gasteiger partial charge on any atom is -0.399 e. The van der Waals surface area contributed by atoms with Crippen molar-refractivity contribution in [1.82, 2.24) is 19.8 Å². The second-order valence-electron chi connectivity index (χ2n) is 4.82. The topological polar surface area (TPSA) is 69.1 Å². The van der Waals surface area contributed by atoms with E-state index in [0.717, 1.165) is 33.5 Å². The van der Waals surface area contributed by atoms with Gasteiger partial charge in [0, 0.05) is 18.0 Å². The molecule has 5 nitrogen and oxygen atoms in total. The number of rotatable bonds is 3. The third-order valence-electron chi connectivity index (χ3n) is 2.88. The van der Waals surface area contributed by atoms with Crippen LogP contribution >= 0.6 is 11.3 Å². The lowest BCUT2D eigenvalue weighted by Crippen LogP contribution is -1.99. The van der Waals surface area contributed by atoms with Gasteiger partial charge in [0.2, 0.25) is 4.96 Å². The molecule has 0 saturated heterocycles. The molecule has 0 bridgehead atoms. The highest BCUT2D eigenvalue weighted by Gasteiger charge is 2.14. The van der Waals surface area contributed by atoms with Crippen LogP contribution in [0, 0.1) is 0 Å². The summed E-state index contributed by atoms with van der Waals surface area (Å²) in [5, 5.41) is 13.9. The van der Waals surface area contributed by atoms with Gasteiger partial charge in [0.25, 0.3) is 0 Å². The summed E-state index contributed by atoms with van der Waals surface area (Å²) in [6.07, 6.45) is 0.774. The van der Waals surface area contributed by atoms with E-state index in [2.05, 4.69) is 35.2 Å². The molecule has 1 aromatic carbocycles. The van der Waals surface area contributed by atoms with Crippen molar-refractivity contribution >= 4 is 22.0 Å². The second-order valence-corrected chi connectivity index (χ2v) is 5.87. The van der Waals surface area contributed by atoms with E-state index < -0.39 is 0 Å². The number of nitrogens with zero attached hydrogens (tertiary/aromatic N) is 4. The molecule has 0 aliphatic rings. The van der Waals surface area contributed by atoms with Crippen molar-refractivity contribution in [3.05, 3.63) is 40.7 Å². The Balaban J connectivity index is 1.93. The Morgan fingerprint density at radius 1 is 1.32 bits per heavy atom. The molecule has 0 saturated carbocycles. The molecule has 0 aliphatic heterocycles. The van der Waals surface area contributed by atoms with Crippen LogP contribution in [0.5, 0.6) is 0 Å². The maximum atomic E-state index is 5.79. The van der Waals surface area contributed by atoms with E-state index >= 15 is 0 Å². The fourth-order valence-corrected chi connectivity index (χ4v) is 2.86. The number of nitrogen functional groups attached to an aromatic ring is 1. The molecule has 2 heterocycles. The maximum Gasteiger partial charge on any atom is 0.234 e. The first kappa shape index (κ1) is 12.1. The van der Waals surface area contributed by atoms with Crippen LogP contribution in [-0.2, 0) is 6.42 Å². The van der Waals surface area contributed by atoms with Crippen molar-refractivity contribution in [2.75, 3.05) is 5.73 Å². The highest BCUT2D eigenvalue weighted by molar-refractivity contribution is 7.16. The average Bonchev–Trinajstić information content (AvgIpc) is 2.87. The third-order valence-corrected chi connectivity index (χ3v) is 3.78. The van der Waals surface area contributed by atoms with E-state index in [9.17, 15) is 0 Å². The predicted octanol–water partition coefficient (Wildman–Crippen LogP) is 2.48. The Kier molecular flexibility index (Phi) is 2.94. The number of anilines is 1. The summed E-state index contributed by atoms with van der Waals surface area (Å²) >= 11 is 1.57. The minimum atomic E-state index is 0.317. The molecular weight excluding hydrogens is 258 g/mol. The van der Waals surface area contributed by atoms with E-state index in [1.807, 2.05) is 22.7 Å². The molecule has 3 rings (SSSR count). The van der Waals surface area contributed by atoms with Crippen LogP contribution in [0.1, 0.15) is 36.2 Å². The number of nitrogens with two attached hydrogens (primary N) is 1. The normalized spacial score (nSPS) is 11.5. The van der Waals surface area contributed by atoms with Crippen molar-refractivity contribution in [3.8, 4) is 0 Å². The van der Waals surface area contributed by atoms with E-state index in [0.29, 0.717) is 5.92 Å². The molecule has 0 radical (unpaired) electrons. The van der Waals surface area contributed by atoms with Gasteiger partial charge in [-0.25, -0.2) is 0 Å². The first-order valence-electron chi connectivity index (χ1n) is 6.19. The summed E-state index contributed by atoms with van der Waals surface area (Å²) in [4.78, 5) is 0.850. The zero-order valence-corrected chi connectivity index (χ0v) is 11.7. The Hall–Kier alpha value is -1.95. The molecule has 0 aliphatic carbocycles. The largest absolute Gasteiger partial charge is 0.399 e. The van der Waals surface area contributed by atoms with Gasteiger partial charge in [0.1, 0.15) is 5.01 Å². The van der Waals surface area contributed by atoms with Crippen LogP contribution in [-0.4, -0.2) is 19.8 Å². The minimum absolute atomic E-state index is 0.317.